The van der Waals surface area contributed by atoms with Crippen LogP contribution in [0.1, 0.15) is 162 Å². The van der Waals surface area contributed by atoms with Crippen molar-refractivity contribution >= 4 is 11.9 Å². The van der Waals surface area contributed by atoms with E-state index in [9.17, 15) is 9.59 Å². The van der Waals surface area contributed by atoms with Crippen LogP contribution in [0, 0.1) is 0 Å². The Balaban J connectivity index is 4.45. The van der Waals surface area contributed by atoms with E-state index in [1.165, 1.54) is 38.5 Å². The van der Waals surface area contributed by atoms with E-state index < -0.39 is 6.10 Å². The number of hydrogen-bond acceptors (Lipinski definition) is 5. The van der Waals surface area contributed by atoms with Gasteiger partial charge in [-0.05, 0) is 83.5 Å². The number of hydrogen-bond donors (Lipinski definition) is 0. The Kier molecular flexibility index (Phi) is 41.2. The Morgan fingerprint density at radius 2 is 0.889 bits per heavy atom. The topological polar surface area (TPSA) is 61.8 Å². The number of unbranched alkanes of at least 4 members (excludes halogenated alkanes) is 9. The number of carbonyl (C=O) groups excluding carboxylic acids is 2. The molecule has 0 radical (unpaired) electrons. The van der Waals surface area contributed by atoms with E-state index in [1.54, 1.807) is 0 Å². The fourth-order valence-corrected chi connectivity index (χ4v) is 5.22. The van der Waals surface area contributed by atoms with Crippen molar-refractivity contribution in [3.05, 3.63) is 109 Å². The first kappa shape index (κ1) is 50.6. The van der Waals surface area contributed by atoms with Crippen LogP contribution in [0.15, 0.2) is 109 Å². The largest absolute Gasteiger partial charge is 0.461 e. The SMILES string of the molecule is CC/C=C\C/C=C\C/C=C\C/C=C\C/C=C\CC(=O)OCC(COCCCCCCCCCC)OC(=O)CCCC/C=C\C/C=C\C/C=C\C/C=C\CC. The predicted octanol–water partition coefficient (Wildman–Crippen LogP) is 14.1. The molecule has 1 unspecified atom stereocenters. The van der Waals surface area contributed by atoms with Gasteiger partial charge in [-0.3, -0.25) is 9.59 Å². The zero-order valence-corrected chi connectivity index (χ0v) is 34.7. The monoisotopic (exact) mass is 747 g/mol. The lowest BCUT2D eigenvalue weighted by Gasteiger charge is -2.18. The van der Waals surface area contributed by atoms with Crippen molar-refractivity contribution in [2.75, 3.05) is 19.8 Å². The highest BCUT2D eigenvalue weighted by Crippen LogP contribution is 2.10. The van der Waals surface area contributed by atoms with E-state index in [2.05, 4.69) is 118 Å². The molecule has 0 saturated heterocycles. The van der Waals surface area contributed by atoms with Gasteiger partial charge < -0.3 is 14.2 Å². The average molecular weight is 747 g/mol. The van der Waals surface area contributed by atoms with Crippen molar-refractivity contribution in [2.45, 2.75) is 168 Å². The van der Waals surface area contributed by atoms with E-state index >= 15 is 0 Å². The van der Waals surface area contributed by atoms with Crippen molar-refractivity contribution in [1.82, 2.24) is 0 Å². The summed E-state index contributed by atoms with van der Waals surface area (Å²) in [4.78, 5) is 25.1. The van der Waals surface area contributed by atoms with Crippen molar-refractivity contribution in [3.8, 4) is 0 Å². The fourth-order valence-electron chi connectivity index (χ4n) is 5.22. The van der Waals surface area contributed by atoms with Crippen LogP contribution < -0.4 is 0 Å². The molecule has 0 aromatic rings. The Bertz CT molecular complexity index is 1120. The molecule has 0 aromatic carbocycles. The summed E-state index contributed by atoms with van der Waals surface area (Å²) in [6.45, 7) is 7.39. The Morgan fingerprint density at radius 1 is 0.444 bits per heavy atom. The molecule has 0 saturated carbocycles. The molecular formula is C49H78O5. The summed E-state index contributed by atoms with van der Waals surface area (Å²) >= 11 is 0. The van der Waals surface area contributed by atoms with Gasteiger partial charge in [0, 0.05) is 13.0 Å². The van der Waals surface area contributed by atoms with E-state index in [0.29, 0.717) is 13.0 Å². The predicted molar refractivity (Wildman–Crippen MR) is 233 cm³/mol. The molecule has 0 fully saturated rings. The summed E-state index contributed by atoms with van der Waals surface area (Å²) in [5.74, 6) is -0.604. The molecule has 0 bridgehead atoms. The summed E-state index contributed by atoms with van der Waals surface area (Å²) in [5.41, 5.74) is 0. The van der Waals surface area contributed by atoms with Crippen molar-refractivity contribution in [3.63, 3.8) is 0 Å². The molecule has 0 heterocycles. The van der Waals surface area contributed by atoms with Crippen LogP contribution in [0.4, 0.5) is 0 Å². The molecule has 0 aliphatic carbocycles. The summed E-state index contributed by atoms with van der Waals surface area (Å²) in [5, 5.41) is 0. The van der Waals surface area contributed by atoms with Gasteiger partial charge in [-0.25, -0.2) is 0 Å². The van der Waals surface area contributed by atoms with Gasteiger partial charge in [-0.1, -0.05) is 175 Å². The molecule has 5 nitrogen and oxygen atoms in total. The Hall–Kier alpha value is -3.44. The molecular weight excluding hydrogens is 669 g/mol. The third-order valence-corrected chi connectivity index (χ3v) is 8.34. The molecule has 5 heteroatoms. The highest BCUT2D eigenvalue weighted by molar-refractivity contribution is 5.71. The fraction of sp³-hybridized carbons (Fsp3) is 0.592. The van der Waals surface area contributed by atoms with Gasteiger partial charge in [0.25, 0.3) is 0 Å². The molecule has 0 aliphatic rings. The van der Waals surface area contributed by atoms with Gasteiger partial charge in [0.2, 0.25) is 0 Å². The maximum Gasteiger partial charge on any atom is 0.309 e. The summed E-state index contributed by atoms with van der Waals surface area (Å²) in [6, 6.07) is 0. The highest BCUT2D eigenvalue weighted by atomic mass is 16.6. The van der Waals surface area contributed by atoms with Gasteiger partial charge in [0.15, 0.2) is 6.10 Å². The second-order valence-corrected chi connectivity index (χ2v) is 13.5. The summed E-state index contributed by atoms with van der Waals surface area (Å²) in [7, 11) is 0. The minimum Gasteiger partial charge on any atom is -0.461 e. The first-order valence-corrected chi connectivity index (χ1v) is 21.4. The van der Waals surface area contributed by atoms with Crippen molar-refractivity contribution < 1.29 is 23.8 Å². The lowest BCUT2D eigenvalue weighted by atomic mass is 10.1. The van der Waals surface area contributed by atoms with Crippen LogP contribution >= 0.6 is 0 Å². The van der Waals surface area contributed by atoms with Crippen molar-refractivity contribution in [2.24, 2.45) is 0 Å². The van der Waals surface area contributed by atoms with E-state index in [0.717, 1.165) is 89.9 Å². The first-order chi connectivity index (χ1) is 26.6. The smallest absolute Gasteiger partial charge is 0.309 e. The molecule has 304 valence electrons. The molecule has 0 amide bonds. The lowest BCUT2D eigenvalue weighted by Crippen LogP contribution is -2.30. The molecule has 0 aromatic heterocycles. The second kappa shape index (κ2) is 44.0. The minimum atomic E-state index is -0.599. The zero-order valence-electron chi connectivity index (χ0n) is 34.7. The van der Waals surface area contributed by atoms with Crippen LogP contribution in [-0.4, -0.2) is 37.9 Å². The van der Waals surface area contributed by atoms with E-state index in [-0.39, 0.29) is 31.6 Å². The third-order valence-electron chi connectivity index (χ3n) is 8.34. The van der Waals surface area contributed by atoms with Gasteiger partial charge in [0.1, 0.15) is 6.61 Å². The Morgan fingerprint density at radius 3 is 1.39 bits per heavy atom. The minimum absolute atomic E-state index is 0.00859. The maximum absolute atomic E-state index is 12.7. The van der Waals surface area contributed by atoms with Crippen LogP contribution in [0.25, 0.3) is 0 Å². The van der Waals surface area contributed by atoms with Gasteiger partial charge in [-0.15, -0.1) is 0 Å². The number of ether oxygens (including phenoxy) is 3. The maximum atomic E-state index is 12.7. The van der Waals surface area contributed by atoms with Crippen molar-refractivity contribution in [1.29, 1.82) is 0 Å². The quantitative estimate of drug-likeness (QED) is 0.0360. The van der Waals surface area contributed by atoms with Gasteiger partial charge in [0.05, 0.1) is 13.0 Å². The zero-order chi connectivity index (χ0) is 39.3. The highest BCUT2D eigenvalue weighted by Gasteiger charge is 2.17. The summed E-state index contributed by atoms with van der Waals surface area (Å²) < 4.78 is 17.1. The number of rotatable bonds is 37. The Labute approximate surface area is 332 Å². The molecule has 0 N–H and O–H groups in total. The first-order valence-electron chi connectivity index (χ1n) is 21.4. The van der Waals surface area contributed by atoms with E-state index in [4.69, 9.17) is 14.2 Å². The van der Waals surface area contributed by atoms with E-state index in [1.807, 2.05) is 12.2 Å². The normalized spacial score (nSPS) is 13.3. The molecule has 0 aliphatic heterocycles. The molecule has 1 atom stereocenters. The van der Waals surface area contributed by atoms with Crippen LogP contribution in [0.5, 0.6) is 0 Å². The number of allylic oxidation sites excluding steroid dienone is 17. The standard InChI is InChI=1S/C49H78O5/c1-4-7-10-13-16-19-21-23-25-27-29-31-33-36-39-42-48(50)53-46-47(45-52-44-41-38-35-18-15-12-9-6-3)54-49(51)43-40-37-34-32-30-28-26-24-22-20-17-14-11-8-5-2/h7-8,10-11,16-17,19-20,23-26,29-32,36,39,47H,4-6,9,12-15,18,21-22,27-28,33-35,37-38,40-46H2,1-3H3/b10-7-,11-8-,19-16-,20-17-,25-23-,26-24-,31-29-,32-30-,39-36-. The molecule has 0 spiro atoms. The average Bonchev–Trinajstić information content (AvgIpc) is 3.17. The molecule has 0 rings (SSSR count). The van der Waals surface area contributed by atoms with Crippen LogP contribution in [0.2, 0.25) is 0 Å². The van der Waals surface area contributed by atoms with Crippen LogP contribution in [-0.2, 0) is 23.8 Å². The number of esters is 2. The number of carbonyl (C=O) groups is 2. The third kappa shape index (κ3) is 41.3. The second-order valence-electron chi connectivity index (χ2n) is 13.5. The van der Waals surface area contributed by atoms with Gasteiger partial charge >= 0.3 is 11.9 Å². The molecule has 54 heavy (non-hydrogen) atoms. The van der Waals surface area contributed by atoms with Gasteiger partial charge in [-0.2, -0.15) is 0 Å². The summed E-state index contributed by atoms with van der Waals surface area (Å²) in [6.07, 6.45) is 59.7. The van der Waals surface area contributed by atoms with Crippen LogP contribution in [0.3, 0.4) is 0 Å². The lowest BCUT2D eigenvalue weighted by molar-refractivity contribution is -0.162.